The van der Waals surface area contributed by atoms with Gasteiger partial charge in [0.2, 0.25) is 0 Å². The van der Waals surface area contributed by atoms with Crippen LogP contribution in [-0.2, 0) is 21.5 Å². The highest BCUT2D eigenvalue weighted by atomic mass is 32.2. The number of carbonyl (C=O) groups is 2. The molecule has 0 unspecified atom stereocenters. The van der Waals surface area contributed by atoms with Crippen LogP contribution in [0.3, 0.4) is 0 Å². The molecule has 0 saturated carbocycles. The number of thioether (sulfide) groups is 1. The lowest BCUT2D eigenvalue weighted by molar-refractivity contribution is -0.123. The average molecular weight is 437 g/mol. The second-order valence-corrected chi connectivity index (χ2v) is 8.63. The molecule has 2 aromatic rings. The molecule has 1 aliphatic rings. The summed E-state index contributed by atoms with van der Waals surface area (Å²) in [6.07, 6.45) is 2.38. The van der Waals surface area contributed by atoms with E-state index in [0.717, 1.165) is 22.9 Å². The Hall–Kier alpha value is -2.85. The third-order valence-corrected chi connectivity index (χ3v) is 5.28. The van der Waals surface area contributed by atoms with Gasteiger partial charge >= 0.3 is 10.1 Å². The van der Waals surface area contributed by atoms with Crippen molar-refractivity contribution in [3.05, 3.63) is 64.3 Å². The Morgan fingerprint density at radius 3 is 2.52 bits per heavy atom. The van der Waals surface area contributed by atoms with Crippen molar-refractivity contribution in [2.24, 2.45) is 0 Å². The van der Waals surface area contributed by atoms with Gasteiger partial charge < -0.3 is 8.92 Å². The molecule has 2 amide bonds. The first-order chi connectivity index (χ1) is 13.7. The van der Waals surface area contributed by atoms with Crippen LogP contribution in [0.1, 0.15) is 11.1 Å². The summed E-state index contributed by atoms with van der Waals surface area (Å²) in [7, 11) is -2.39. The van der Waals surface area contributed by atoms with Crippen LogP contribution in [0.25, 0.3) is 6.08 Å². The molecule has 29 heavy (non-hydrogen) atoms. The molecule has 0 N–H and O–H groups in total. The molecule has 1 heterocycles. The molecular formula is C19H16FNO6S2. The van der Waals surface area contributed by atoms with Crippen molar-refractivity contribution in [1.82, 2.24) is 4.90 Å². The molecule has 1 fully saturated rings. The maximum absolute atomic E-state index is 13.8. The van der Waals surface area contributed by atoms with Crippen molar-refractivity contribution >= 4 is 39.1 Å². The Balaban J connectivity index is 1.84. The number of amides is 2. The van der Waals surface area contributed by atoms with Gasteiger partial charge in [0.25, 0.3) is 11.1 Å². The van der Waals surface area contributed by atoms with Crippen LogP contribution in [0.4, 0.5) is 9.18 Å². The Bertz CT molecular complexity index is 1110. The van der Waals surface area contributed by atoms with Gasteiger partial charge in [-0.25, -0.2) is 4.39 Å². The van der Waals surface area contributed by atoms with E-state index >= 15 is 0 Å². The Kier molecular flexibility index (Phi) is 5.94. The molecule has 0 atom stereocenters. The van der Waals surface area contributed by atoms with Crippen LogP contribution in [0, 0.1) is 5.82 Å². The monoisotopic (exact) mass is 437 g/mol. The number of benzene rings is 2. The van der Waals surface area contributed by atoms with Gasteiger partial charge in [0.1, 0.15) is 5.82 Å². The summed E-state index contributed by atoms with van der Waals surface area (Å²) in [6, 6.07) is 10.3. The van der Waals surface area contributed by atoms with Crippen LogP contribution >= 0.6 is 11.8 Å². The quantitative estimate of drug-likeness (QED) is 0.505. The molecule has 1 saturated heterocycles. The molecular weight excluding hydrogens is 421 g/mol. The SMILES string of the molecule is COc1cc(/C=C2\SC(=O)N(Cc3ccccc3F)C2=O)ccc1OS(C)(=O)=O. The van der Waals surface area contributed by atoms with Crippen molar-refractivity contribution in [3.63, 3.8) is 0 Å². The van der Waals surface area contributed by atoms with E-state index in [1.807, 2.05) is 0 Å². The molecule has 1 aliphatic heterocycles. The highest BCUT2D eigenvalue weighted by Gasteiger charge is 2.35. The average Bonchev–Trinajstić information content (AvgIpc) is 2.91. The standard InChI is InChI=1S/C19H16FNO6S2/c1-26-16-9-12(7-8-15(16)27-29(2,24)25)10-17-18(22)21(19(23)28-17)11-13-5-3-4-6-14(13)20/h3-10H,11H2,1-2H3/b17-10-. The molecule has 10 heteroatoms. The lowest BCUT2D eigenvalue weighted by Gasteiger charge is -2.12. The number of ether oxygens (including phenoxy) is 1. The van der Waals surface area contributed by atoms with Crippen LogP contribution < -0.4 is 8.92 Å². The van der Waals surface area contributed by atoms with Crippen molar-refractivity contribution in [3.8, 4) is 11.5 Å². The zero-order valence-corrected chi connectivity index (χ0v) is 17.1. The first-order valence-electron chi connectivity index (χ1n) is 8.24. The van der Waals surface area contributed by atoms with Crippen molar-refractivity contribution in [1.29, 1.82) is 0 Å². The van der Waals surface area contributed by atoms with Gasteiger partial charge in [-0.05, 0) is 41.6 Å². The second-order valence-electron chi connectivity index (χ2n) is 6.06. The summed E-state index contributed by atoms with van der Waals surface area (Å²) in [4.78, 5) is 26.0. The van der Waals surface area contributed by atoms with Crippen molar-refractivity contribution < 1.29 is 31.3 Å². The first kappa shape index (κ1) is 20.9. The fraction of sp³-hybridized carbons (Fsp3) is 0.158. The minimum Gasteiger partial charge on any atom is -0.493 e. The van der Waals surface area contributed by atoms with Crippen molar-refractivity contribution in [2.75, 3.05) is 13.4 Å². The molecule has 0 bridgehead atoms. The molecule has 2 aromatic carbocycles. The number of nitrogens with zero attached hydrogens (tertiary/aromatic N) is 1. The molecule has 0 spiro atoms. The number of methoxy groups -OCH3 is 1. The van der Waals surface area contributed by atoms with E-state index < -0.39 is 27.1 Å². The number of hydrogen-bond donors (Lipinski definition) is 0. The summed E-state index contributed by atoms with van der Waals surface area (Å²) >= 11 is 0.738. The Morgan fingerprint density at radius 1 is 1.14 bits per heavy atom. The zero-order chi connectivity index (χ0) is 21.2. The predicted octanol–water partition coefficient (Wildman–Crippen LogP) is 3.41. The molecule has 3 rings (SSSR count). The highest BCUT2D eigenvalue weighted by molar-refractivity contribution is 8.18. The predicted molar refractivity (Wildman–Crippen MR) is 106 cm³/mol. The van der Waals surface area contributed by atoms with E-state index in [1.54, 1.807) is 6.07 Å². The van der Waals surface area contributed by atoms with Crippen LogP contribution in [0.5, 0.6) is 11.5 Å². The summed E-state index contributed by atoms with van der Waals surface area (Å²) in [5.41, 5.74) is 0.735. The zero-order valence-electron chi connectivity index (χ0n) is 15.4. The molecule has 0 aliphatic carbocycles. The van der Waals surface area contributed by atoms with E-state index in [0.29, 0.717) is 5.56 Å². The topological polar surface area (TPSA) is 90.0 Å². The van der Waals surface area contributed by atoms with E-state index in [1.165, 1.54) is 49.6 Å². The van der Waals surface area contributed by atoms with E-state index in [-0.39, 0.29) is 28.5 Å². The van der Waals surface area contributed by atoms with Crippen LogP contribution in [-0.4, -0.2) is 37.8 Å². The summed E-state index contributed by atoms with van der Waals surface area (Å²) in [5.74, 6) is -0.894. The number of hydrogen-bond acceptors (Lipinski definition) is 7. The molecule has 0 radical (unpaired) electrons. The summed E-state index contributed by atoms with van der Waals surface area (Å²) < 4.78 is 46.4. The van der Waals surface area contributed by atoms with E-state index in [9.17, 15) is 22.4 Å². The normalized spacial score (nSPS) is 15.8. The van der Waals surface area contributed by atoms with Gasteiger partial charge in [-0.2, -0.15) is 8.42 Å². The third kappa shape index (κ3) is 4.96. The van der Waals surface area contributed by atoms with E-state index in [4.69, 9.17) is 8.92 Å². The summed E-state index contributed by atoms with van der Waals surface area (Å²) in [6.45, 7) is -0.168. The fourth-order valence-electron chi connectivity index (χ4n) is 2.59. The van der Waals surface area contributed by atoms with Gasteiger partial charge in [0.15, 0.2) is 11.5 Å². The smallest absolute Gasteiger partial charge is 0.306 e. The summed E-state index contributed by atoms with van der Waals surface area (Å²) in [5, 5.41) is -0.506. The van der Waals surface area contributed by atoms with Crippen molar-refractivity contribution in [2.45, 2.75) is 6.54 Å². The van der Waals surface area contributed by atoms with Crippen LogP contribution in [0.15, 0.2) is 47.4 Å². The largest absolute Gasteiger partial charge is 0.493 e. The number of imide groups is 1. The Morgan fingerprint density at radius 2 is 1.86 bits per heavy atom. The Labute approximate surface area is 171 Å². The van der Waals surface area contributed by atoms with Gasteiger partial charge in [0.05, 0.1) is 24.8 Å². The second kappa shape index (κ2) is 8.26. The number of carbonyl (C=O) groups excluding carboxylic acids is 2. The van der Waals surface area contributed by atoms with Gasteiger partial charge in [-0.3, -0.25) is 14.5 Å². The lowest BCUT2D eigenvalue weighted by Crippen LogP contribution is -2.27. The third-order valence-electron chi connectivity index (χ3n) is 3.89. The molecule has 152 valence electrons. The first-order valence-corrected chi connectivity index (χ1v) is 10.9. The minimum absolute atomic E-state index is 0.000178. The van der Waals surface area contributed by atoms with Gasteiger partial charge in [-0.1, -0.05) is 24.3 Å². The maximum Gasteiger partial charge on any atom is 0.306 e. The van der Waals surface area contributed by atoms with Crippen LogP contribution in [0.2, 0.25) is 0 Å². The van der Waals surface area contributed by atoms with Gasteiger partial charge in [0, 0.05) is 5.56 Å². The lowest BCUT2D eigenvalue weighted by atomic mass is 10.1. The van der Waals surface area contributed by atoms with E-state index in [2.05, 4.69) is 0 Å². The number of rotatable bonds is 6. The minimum atomic E-state index is -3.74. The maximum atomic E-state index is 13.8. The number of halogens is 1. The molecule has 0 aromatic heterocycles. The van der Waals surface area contributed by atoms with Gasteiger partial charge in [-0.15, -0.1) is 0 Å². The highest BCUT2D eigenvalue weighted by Crippen LogP contribution is 2.35. The molecule has 7 nitrogen and oxygen atoms in total. The fourth-order valence-corrected chi connectivity index (χ4v) is 3.89.